The first-order valence-corrected chi connectivity index (χ1v) is 8.99. The highest BCUT2D eigenvalue weighted by Crippen LogP contribution is 2.32. The number of carboxylic acids is 1. The van der Waals surface area contributed by atoms with E-state index in [1.165, 1.54) is 6.07 Å². The highest BCUT2D eigenvalue weighted by atomic mass is 16.5. The molecule has 3 heterocycles. The van der Waals surface area contributed by atoms with Crippen LogP contribution in [0.5, 0.6) is 5.75 Å². The lowest BCUT2D eigenvalue weighted by Crippen LogP contribution is -2.12. The Labute approximate surface area is 166 Å². The summed E-state index contributed by atoms with van der Waals surface area (Å²) < 4.78 is 7.76. The van der Waals surface area contributed by atoms with Crippen LogP contribution >= 0.6 is 0 Å². The third-order valence-electron chi connectivity index (χ3n) is 4.60. The van der Waals surface area contributed by atoms with Crippen molar-refractivity contribution in [1.29, 1.82) is 0 Å². The van der Waals surface area contributed by atoms with Crippen LogP contribution in [0.3, 0.4) is 0 Å². The van der Waals surface area contributed by atoms with Crippen molar-refractivity contribution in [1.82, 2.24) is 19.7 Å². The molecule has 4 rings (SSSR count). The Morgan fingerprint density at radius 2 is 2.10 bits per heavy atom. The zero-order chi connectivity index (χ0) is 20.5. The van der Waals surface area contributed by atoms with Crippen molar-refractivity contribution in [2.24, 2.45) is 0 Å². The molecule has 1 atom stereocenters. The first-order valence-electron chi connectivity index (χ1n) is 8.99. The topological polar surface area (TPSA) is 116 Å². The van der Waals surface area contributed by atoms with Gasteiger partial charge in [0, 0.05) is 35.2 Å². The summed E-state index contributed by atoms with van der Waals surface area (Å²) in [5, 5.41) is 14.4. The number of anilines is 1. The quantitative estimate of drug-likeness (QED) is 0.536. The molecule has 1 aromatic carbocycles. The van der Waals surface area contributed by atoms with E-state index in [2.05, 4.69) is 15.1 Å². The van der Waals surface area contributed by atoms with Crippen molar-refractivity contribution >= 4 is 22.7 Å². The standard InChI is InChI=1S/C21H19N5O3/c1-12-8-17-15(11-23-12)10-19(20(22)25-17)29-13(2)16-9-14(21(27)28)4-5-18(16)26-7-3-6-24-26/h3-11,13H,1-2H3,(H2,22,25)(H,27,28)/t13-/m0/s1. The fourth-order valence-corrected chi connectivity index (χ4v) is 3.15. The van der Waals surface area contributed by atoms with Gasteiger partial charge in [-0.25, -0.2) is 14.5 Å². The van der Waals surface area contributed by atoms with Gasteiger partial charge in [-0.2, -0.15) is 5.10 Å². The zero-order valence-electron chi connectivity index (χ0n) is 15.9. The van der Waals surface area contributed by atoms with Gasteiger partial charge >= 0.3 is 5.97 Å². The van der Waals surface area contributed by atoms with Gasteiger partial charge in [-0.05, 0) is 50.2 Å². The number of rotatable bonds is 5. The predicted molar refractivity (Wildman–Crippen MR) is 108 cm³/mol. The normalized spacial score (nSPS) is 12.1. The van der Waals surface area contributed by atoms with Crippen LogP contribution < -0.4 is 10.5 Å². The maximum Gasteiger partial charge on any atom is 0.335 e. The Bertz CT molecular complexity index is 1200. The number of aromatic carboxylic acids is 1. The SMILES string of the molecule is Cc1cc2nc(N)c(O[C@@H](C)c3cc(C(=O)O)ccc3-n3cccn3)cc2cn1. The maximum absolute atomic E-state index is 11.5. The first-order chi connectivity index (χ1) is 13.9. The molecule has 29 heavy (non-hydrogen) atoms. The molecule has 0 fully saturated rings. The molecule has 3 N–H and O–H groups in total. The van der Waals surface area contributed by atoms with Gasteiger partial charge in [0.15, 0.2) is 11.6 Å². The van der Waals surface area contributed by atoms with Crippen molar-refractivity contribution in [3.63, 3.8) is 0 Å². The van der Waals surface area contributed by atoms with Gasteiger partial charge in [-0.1, -0.05) is 0 Å². The molecule has 0 bridgehead atoms. The van der Waals surface area contributed by atoms with Crippen molar-refractivity contribution in [3.8, 4) is 11.4 Å². The van der Waals surface area contributed by atoms with E-state index < -0.39 is 12.1 Å². The van der Waals surface area contributed by atoms with Crippen LogP contribution in [-0.4, -0.2) is 30.8 Å². The Kier molecular flexibility index (Phi) is 4.59. The van der Waals surface area contributed by atoms with E-state index in [-0.39, 0.29) is 11.4 Å². The van der Waals surface area contributed by atoms with Gasteiger partial charge < -0.3 is 15.6 Å². The van der Waals surface area contributed by atoms with E-state index in [0.29, 0.717) is 11.3 Å². The molecule has 146 valence electrons. The number of nitrogen functional groups attached to an aromatic ring is 1. The fourth-order valence-electron chi connectivity index (χ4n) is 3.15. The molecular weight excluding hydrogens is 370 g/mol. The number of carboxylic acid groups (broad SMARTS) is 1. The molecule has 0 saturated carbocycles. The summed E-state index contributed by atoms with van der Waals surface area (Å²) in [7, 11) is 0. The average Bonchev–Trinajstić information content (AvgIpc) is 3.22. The lowest BCUT2D eigenvalue weighted by atomic mass is 10.0. The summed E-state index contributed by atoms with van der Waals surface area (Å²) >= 11 is 0. The molecule has 3 aromatic heterocycles. The fraction of sp³-hybridized carbons (Fsp3) is 0.143. The summed E-state index contributed by atoms with van der Waals surface area (Å²) in [6.45, 7) is 3.71. The molecule has 8 nitrogen and oxygen atoms in total. The third-order valence-corrected chi connectivity index (χ3v) is 4.60. The molecule has 0 aliphatic heterocycles. The molecule has 0 spiro atoms. The van der Waals surface area contributed by atoms with Gasteiger partial charge in [0.25, 0.3) is 0 Å². The first kappa shape index (κ1) is 18.4. The van der Waals surface area contributed by atoms with Gasteiger partial charge in [0.1, 0.15) is 6.10 Å². The number of nitrogens with zero attached hydrogens (tertiary/aromatic N) is 4. The Balaban J connectivity index is 1.74. The van der Waals surface area contributed by atoms with E-state index in [9.17, 15) is 9.90 Å². The number of hydrogen-bond acceptors (Lipinski definition) is 6. The number of ether oxygens (including phenoxy) is 1. The Morgan fingerprint density at radius 1 is 1.28 bits per heavy atom. The van der Waals surface area contributed by atoms with Gasteiger partial charge in [0.2, 0.25) is 0 Å². The predicted octanol–water partition coefficient (Wildman–Crippen LogP) is 3.54. The molecule has 8 heteroatoms. The summed E-state index contributed by atoms with van der Waals surface area (Å²) in [6.07, 6.45) is 4.65. The minimum atomic E-state index is -1.02. The van der Waals surface area contributed by atoms with Crippen LogP contribution in [0, 0.1) is 6.92 Å². The number of hydrogen-bond donors (Lipinski definition) is 2. The highest BCUT2D eigenvalue weighted by Gasteiger charge is 2.19. The second-order valence-electron chi connectivity index (χ2n) is 6.68. The van der Waals surface area contributed by atoms with Crippen LogP contribution in [0.2, 0.25) is 0 Å². The largest absolute Gasteiger partial charge is 0.482 e. The van der Waals surface area contributed by atoms with E-state index in [0.717, 1.165) is 22.3 Å². The summed E-state index contributed by atoms with van der Waals surface area (Å²) in [5.41, 5.74) is 9.23. The maximum atomic E-state index is 11.5. The molecular formula is C21H19N5O3. The van der Waals surface area contributed by atoms with Gasteiger partial charge in [-0.15, -0.1) is 0 Å². The van der Waals surface area contributed by atoms with Gasteiger partial charge in [-0.3, -0.25) is 4.98 Å². The molecule has 4 aromatic rings. The van der Waals surface area contributed by atoms with Crippen LogP contribution in [0.25, 0.3) is 16.6 Å². The van der Waals surface area contributed by atoms with Crippen molar-refractivity contribution < 1.29 is 14.6 Å². The summed E-state index contributed by atoms with van der Waals surface area (Å²) in [5.74, 6) is -0.355. The Morgan fingerprint density at radius 3 is 2.83 bits per heavy atom. The molecule has 0 radical (unpaired) electrons. The summed E-state index contributed by atoms with van der Waals surface area (Å²) in [4.78, 5) is 20.1. The Hall–Kier alpha value is -3.94. The van der Waals surface area contributed by atoms with Crippen LogP contribution in [0.15, 0.2) is 55.0 Å². The van der Waals surface area contributed by atoms with Crippen molar-refractivity contribution in [2.45, 2.75) is 20.0 Å². The highest BCUT2D eigenvalue weighted by molar-refractivity contribution is 5.88. The summed E-state index contributed by atoms with van der Waals surface area (Å²) in [6, 6.07) is 10.3. The van der Waals surface area contributed by atoms with Crippen molar-refractivity contribution in [3.05, 3.63) is 71.8 Å². The second kappa shape index (κ2) is 7.23. The third kappa shape index (κ3) is 3.60. The lowest BCUT2D eigenvalue weighted by molar-refractivity contribution is 0.0696. The molecule has 0 saturated heterocycles. The van der Waals surface area contributed by atoms with E-state index in [1.54, 1.807) is 47.5 Å². The molecule has 0 amide bonds. The van der Waals surface area contributed by atoms with Gasteiger partial charge in [0.05, 0.1) is 16.8 Å². The number of aromatic nitrogens is 4. The van der Waals surface area contributed by atoms with E-state index in [1.807, 2.05) is 19.9 Å². The van der Waals surface area contributed by atoms with Crippen LogP contribution in [0.1, 0.15) is 34.6 Å². The number of carbonyl (C=O) groups is 1. The number of fused-ring (bicyclic) bond motifs is 1. The molecule has 0 aliphatic carbocycles. The monoisotopic (exact) mass is 389 g/mol. The number of pyridine rings is 2. The molecule has 0 unspecified atom stereocenters. The lowest BCUT2D eigenvalue weighted by Gasteiger charge is -2.20. The number of benzene rings is 1. The second-order valence-corrected chi connectivity index (χ2v) is 6.68. The van der Waals surface area contributed by atoms with Crippen LogP contribution in [-0.2, 0) is 0 Å². The zero-order valence-corrected chi connectivity index (χ0v) is 15.9. The smallest absolute Gasteiger partial charge is 0.335 e. The van der Waals surface area contributed by atoms with Crippen LogP contribution in [0.4, 0.5) is 5.82 Å². The van der Waals surface area contributed by atoms with E-state index >= 15 is 0 Å². The van der Waals surface area contributed by atoms with E-state index in [4.69, 9.17) is 10.5 Å². The average molecular weight is 389 g/mol. The molecule has 0 aliphatic rings. The minimum Gasteiger partial charge on any atom is -0.482 e. The number of nitrogens with two attached hydrogens (primary N) is 1. The number of aryl methyl sites for hydroxylation is 1. The van der Waals surface area contributed by atoms with Crippen molar-refractivity contribution in [2.75, 3.05) is 5.73 Å². The minimum absolute atomic E-state index is 0.163.